The van der Waals surface area contributed by atoms with E-state index in [-0.39, 0.29) is 0 Å². The Labute approximate surface area is 106 Å². The minimum atomic E-state index is 0.670. The van der Waals surface area contributed by atoms with Crippen molar-refractivity contribution in [1.29, 1.82) is 0 Å². The van der Waals surface area contributed by atoms with Gasteiger partial charge in [-0.3, -0.25) is 0 Å². The lowest BCUT2D eigenvalue weighted by Crippen LogP contribution is -2.16. The van der Waals surface area contributed by atoms with Crippen LogP contribution < -0.4 is 5.32 Å². The molecule has 3 rings (SSSR count). The molecule has 1 aliphatic carbocycles. The number of aromatic nitrogens is 2. The van der Waals surface area contributed by atoms with E-state index in [2.05, 4.69) is 34.5 Å². The van der Waals surface area contributed by atoms with Gasteiger partial charge < -0.3 is 9.84 Å². The Hall–Kier alpha value is -1.68. The van der Waals surface area contributed by atoms with Crippen molar-refractivity contribution in [3.63, 3.8) is 0 Å². The molecule has 0 bridgehead atoms. The van der Waals surface area contributed by atoms with Crippen LogP contribution in [0.15, 0.2) is 28.8 Å². The summed E-state index contributed by atoms with van der Waals surface area (Å²) in [6.45, 7) is 2.81. The molecule has 1 aliphatic rings. The van der Waals surface area contributed by atoms with E-state index in [1.807, 2.05) is 12.1 Å². The standard InChI is InChI=1S/C14H17N3O/c1-10-4-2-3-5-11(10)8-14-16-13(17-18-14)9-15-12-6-7-12/h2-5,12,15H,6-9H2,1H3. The number of aryl methyl sites for hydroxylation is 1. The third kappa shape index (κ3) is 2.76. The summed E-state index contributed by atoms with van der Waals surface area (Å²) in [4.78, 5) is 4.41. The molecule has 0 aliphatic heterocycles. The topological polar surface area (TPSA) is 51.0 Å². The van der Waals surface area contributed by atoms with E-state index in [1.54, 1.807) is 0 Å². The number of hydrogen-bond donors (Lipinski definition) is 1. The lowest BCUT2D eigenvalue weighted by atomic mass is 10.1. The molecule has 0 saturated heterocycles. The molecule has 0 atom stereocenters. The molecule has 1 aromatic heterocycles. The molecule has 1 fully saturated rings. The van der Waals surface area contributed by atoms with E-state index in [4.69, 9.17) is 4.52 Å². The number of benzene rings is 1. The van der Waals surface area contributed by atoms with Crippen LogP contribution in [0, 0.1) is 6.92 Å². The molecule has 4 nitrogen and oxygen atoms in total. The highest BCUT2D eigenvalue weighted by Crippen LogP contribution is 2.19. The smallest absolute Gasteiger partial charge is 0.231 e. The summed E-state index contributed by atoms with van der Waals surface area (Å²) in [7, 11) is 0. The van der Waals surface area contributed by atoms with Gasteiger partial charge >= 0.3 is 0 Å². The second-order valence-corrected chi connectivity index (χ2v) is 4.86. The number of hydrogen-bond acceptors (Lipinski definition) is 4. The summed E-state index contributed by atoms with van der Waals surface area (Å²) in [5, 5.41) is 7.37. The minimum absolute atomic E-state index is 0.670. The highest BCUT2D eigenvalue weighted by atomic mass is 16.5. The molecule has 0 spiro atoms. The molecule has 0 radical (unpaired) electrons. The van der Waals surface area contributed by atoms with E-state index in [9.17, 15) is 0 Å². The molecular formula is C14H17N3O. The van der Waals surface area contributed by atoms with Gasteiger partial charge in [-0.25, -0.2) is 0 Å². The molecule has 1 saturated carbocycles. The molecule has 0 amide bonds. The van der Waals surface area contributed by atoms with Gasteiger partial charge in [-0.15, -0.1) is 0 Å². The van der Waals surface area contributed by atoms with Crippen molar-refractivity contribution in [1.82, 2.24) is 15.5 Å². The average molecular weight is 243 g/mol. The Balaban J connectivity index is 1.63. The summed E-state index contributed by atoms with van der Waals surface area (Å²) < 4.78 is 5.28. The minimum Gasteiger partial charge on any atom is -0.339 e. The highest BCUT2D eigenvalue weighted by molar-refractivity contribution is 5.27. The number of rotatable bonds is 5. The van der Waals surface area contributed by atoms with Crippen LogP contribution >= 0.6 is 0 Å². The fourth-order valence-electron chi connectivity index (χ4n) is 1.93. The van der Waals surface area contributed by atoms with Crippen LogP contribution in [0.1, 0.15) is 35.7 Å². The van der Waals surface area contributed by atoms with Gasteiger partial charge in [0.2, 0.25) is 5.89 Å². The quantitative estimate of drug-likeness (QED) is 0.874. The number of nitrogens with one attached hydrogen (secondary N) is 1. The van der Waals surface area contributed by atoms with E-state index < -0.39 is 0 Å². The third-order valence-corrected chi connectivity index (χ3v) is 3.24. The van der Waals surface area contributed by atoms with Gasteiger partial charge in [-0.2, -0.15) is 4.98 Å². The van der Waals surface area contributed by atoms with Gasteiger partial charge in [0.15, 0.2) is 5.82 Å². The molecule has 0 unspecified atom stereocenters. The third-order valence-electron chi connectivity index (χ3n) is 3.24. The first-order valence-corrected chi connectivity index (χ1v) is 6.40. The van der Waals surface area contributed by atoms with Crippen LogP contribution in [-0.4, -0.2) is 16.2 Å². The zero-order chi connectivity index (χ0) is 12.4. The van der Waals surface area contributed by atoms with Crippen molar-refractivity contribution in [2.24, 2.45) is 0 Å². The Morgan fingerprint density at radius 1 is 1.33 bits per heavy atom. The molecule has 18 heavy (non-hydrogen) atoms. The second-order valence-electron chi connectivity index (χ2n) is 4.86. The van der Waals surface area contributed by atoms with Crippen molar-refractivity contribution in [2.45, 2.75) is 38.8 Å². The lowest BCUT2D eigenvalue weighted by molar-refractivity contribution is 0.377. The highest BCUT2D eigenvalue weighted by Gasteiger charge is 2.21. The van der Waals surface area contributed by atoms with Gasteiger partial charge in [0.05, 0.1) is 13.0 Å². The van der Waals surface area contributed by atoms with Crippen LogP contribution in [0.3, 0.4) is 0 Å². The molecule has 94 valence electrons. The van der Waals surface area contributed by atoms with E-state index in [0.717, 1.165) is 5.82 Å². The Bertz CT molecular complexity index is 531. The largest absolute Gasteiger partial charge is 0.339 e. The van der Waals surface area contributed by atoms with Crippen LogP contribution in [0.2, 0.25) is 0 Å². The lowest BCUT2D eigenvalue weighted by Gasteiger charge is -2.00. The van der Waals surface area contributed by atoms with Crippen molar-refractivity contribution >= 4 is 0 Å². The molecule has 2 aromatic rings. The molecule has 1 N–H and O–H groups in total. The Kier molecular flexibility index (Phi) is 3.11. The fraction of sp³-hybridized carbons (Fsp3) is 0.429. The maximum atomic E-state index is 5.28. The Morgan fingerprint density at radius 2 is 2.17 bits per heavy atom. The zero-order valence-electron chi connectivity index (χ0n) is 10.5. The first-order chi connectivity index (χ1) is 8.81. The summed E-state index contributed by atoms with van der Waals surface area (Å²) in [5.41, 5.74) is 2.50. The number of nitrogens with zero attached hydrogens (tertiary/aromatic N) is 2. The maximum absolute atomic E-state index is 5.28. The van der Waals surface area contributed by atoms with Crippen LogP contribution in [0.25, 0.3) is 0 Å². The zero-order valence-corrected chi connectivity index (χ0v) is 10.5. The fourth-order valence-corrected chi connectivity index (χ4v) is 1.93. The van der Waals surface area contributed by atoms with Crippen LogP contribution in [0.5, 0.6) is 0 Å². The van der Waals surface area contributed by atoms with Gasteiger partial charge in [-0.1, -0.05) is 29.4 Å². The normalized spacial score (nSPS) is 14.9. The van der Waals surface area contributed by atoms with Crippen molar-refractivity contribution in [3.8, 4) is 0 Å². The summed E-state index contributed by atoms with van der Waals surface area (Å²) in [6, 6.07) is 8.94. The van der Waals surface area contributed by atoms with Gasteiger partial charge in [0, 0.05) is 6.04 Å². The molecular weight excluding hydrogens is 226 g/mol. The monoisotopic (exact) mass is 243 g/mol. The summed E-state index contributed by atoms with van der Waals surface area (Å²) in [5.74, 6) is 1.45. The SMILES string of the molecule is Cc1ccccc1Cc1nc(CNC2CC2)no1. The van der Waals surface area contributed by atoms with Gasteiger partial charge in [0.1, 0.15) is 0 Å². The van der Waals surface area contributed by atoms with Crippen LogP contribution in [0.4, 0.5) is 0 Å². The first-order valence-electron chi connectivity index (χ1n) is 6.40. The summed E-state index contributed by atoms with van der Waals surface area (Å²) in [6.07, 6.45) is 3.25. The first kappa shape index (κ1) is 11.4. The predicted octanol–water partition coefficient (Wildman–Crippen LogP) is 2.22. The van der Waals surface area contributed by atoms with Crippen molar-refractivity contribution in [3.05, 3.63) is 47.1 Å². The average Bonchev–Trinajstić information content (AvgIpc) is 3.10. The van der Waals surface area contributed by atoms with Crippen molar-refractivity contribution < 1.29 is 4.52 Å². The molecule has 4 heteroatoms. The van der Waals surface area contributed by atoms with Gasteiger partial charge in [-0.05, 0) is 30.9 Å². The maximum Gasteiger partial charge on any atom is 0.231 e. The van der Waals surface area contributed by atoms with Crippen molar-refractivity contribution in [2.75, 3.05) is 0 Å². The molecule has 1 aromatic carbocycles. The predicted molar refractivity (Wildman–Crippen MR) is 68.1 cm³/mol. The second kappa shape index (κ2) is 4.90. The van der Waals surface area contributed by atoms with E-state index in [0.29, 0.717) is 24.9 Å². The summed E-state index contributed by atoms with van der Waals surface area (Å²) >= 11 is 0. The van der Waals surface area contributed by atoms with Crippen LogP contribution in [-0.2, 0) is 13.0 Å². The Morgan fingerprint density at radius 3 is 2.94 bits per heavy atom. The molecule has 1 heterocycles. The van der Waals surface area contributed by atoms with Gasteiger partial charge in [0.25, 0.3) is 0 Å². The van der Waals surface area contributed by atoms with E-state index >= 15 is 0 Å². The van der Waals surface area contributed by atoms with E-state index in [1.165, 1.54) is 24.0 Å².